The van der Waals surface area contributed by atoms with Gasteiger partial charge in [0.15, 0.2) is 0 Å². The molecule has 0 bridgehead atoms. The Kier molecular flexibility index (Phi) is 4.56. The van der Waals surface area contributed by atoms with Crippen LogP contribution in [-0.4, -0.2) is 23.8 Å². The summed E-state index contributed by atoms with van der Waals surface area (Å²) in [6.45, 7) is 4.28. The minimum absolute atomic E-state index is 0.252. The maximum Gasteiger partial charge on any atom is 0.128 e. The highest BCUT2D eigenvalue weighted by atomic mass is 16.5. The molecule has 0 aliphatic carbocycles. The van der Waals surface area contributed by atoms with E-state index in [0.29, 0.717) is 0 Å². The highest BCUT2D eigenvalue weighted by Crippen LogP contribution is 2.24. The summed E-state index contributed by atoms with van der Waals surface area (Å²) in [7, 11) is 1.69. The minimum Gasteiger partial charge on any atom is -0.496 e. The van der Waals surface area contributed by atoms with Gasteiger partial charge in [0.1, 0.15) is 5.75 Å². The fourth-order valence-corrected chi connectivity index (χ4v) is 1.73. The summed E-state index contributed by atoms with van der Waals surface area (Å²) in [5.74, 6) is 0.934. The van der Waals surface area contributed by atoms with Crippen molar-refractivity contribution < 1.29 is 9.84 Å². The zero-order chi connectivity index (χ0) is 11.3. The Balaban J connectivity index is 2.80. The Morgan fingerprint density at radius 1 is 1.33 bits per heavy atom. The number of aliphatic hydroxyl groups is 1. The maximum absolute atomic E-state index is 8.71. The number of methoxy groups -OCH3 is 1. The molecule has 0 aromatic carbocycles. The number of aryl methyl sites for hydroxylation is 2. The summed E-state index contributed by atoms with van der Waals surface area (Å²) in [4.78, 5) is 4.40. The van der Waals surface area contributed by atoms with Gasteiger partial charge in [-0.2, -0.15) is 0 Å². The number of aliphatic hydroxyl groups excluding tert-OH is 1. The van der Waals surface area contributed by atoms with Gasteiger partial charge in [0, 0.05) is 29.6 Å². The molecule has 0 unspecified atom stereocenters. The van der Waals surface area contributed by atoms with E-state index in [9.17, 15) is 0 Å². The number of aromatic nitrogens is 1. The number of hydrogen-bond donors (Lipinski definition) is 1. The van der Waals surface area contributed by atoms with Gasteiger partial charge in [0.05, 0.1) is 7.11 Å². The quantitative estimate of drug-likeness (QED) is 0.754. The standard InChI is InChI=1S/C12H19NO2/c1-9-8-13-11(6-4-5-7-14)10(2)12(9)15-3/h8,14H,4-7H2,1-3H3. The summed E-state index contributed by atoms with van der Waals surface area (Å²) in [5, 5.41) is 8.71. The molecule has 1 aromatic rings. The topological polar surface area (TPSA) is 42.4 Å². The molecular formula is C12H19NO2. The molecule has 0 spiro atoms. The molecule has 1 heterocycles. The summed E-state index contributed by atoms with van der Waals surface area (Å²) >= 11 is 0. The zero-order valence-electron chi connectivity index (χ0n) is 9.71. The zero-order valence-corrected chi connectivity index (χ0v) is 9.71. The Morgan fingerprint density at radius 3 is 2.67 bits per heavy atom. The first-order valence-corrected chi connectivity index (χ1v) is 5.30. The summed E-state index contributed by atoms with van der Waals surface area (Å²) < 4.78 is 5.33. The number of nitrogens with zero attached hydrogens (tertiary/aromatic N) is 1. The molecule has 84 valence electrons. The van der Waals surface area contributed by atoms with E-state index in [2.05, 4.69) is 4.98 Å². The normalized spacial score (nSPS) is 10.4. The highest BCUT2D eigenvalue weighted by molar-refractivity contribution is 5.41. The first-order chi connectivity index (χ1) is 7.20. The van der Waals surface area contributed by atoms with Gasteiger partial charge in [-0.25, -0.2) is 0 Å². The lowest BCUT2D eigenvalue weighted by Crippen LogP contribution is -2.00. The van der Waals surface area contributed by atoms with E-state index >= 15 is 0 Å². The second-order valence-corrected chi connectivity index (χ2v) is 3.73. The smallest absolute Gasteiger partial charge is 0.128 e. The fraction of sp³-hybridized carbons (Fsp3) is 0.583. The molecule has 0 radical (unpaired) electrons. The molecule has 0 saturated heterocycles. The van der Waals surface area contributed by atoms with Gasteiger partial charge in [-0.1, -0.05) is 0 Å². The maximum atomic E-state index is 8.71. The summed E-state index contributed by atoms with van der Waals surface area (Å²) in [6.07, 6.45) is 4.55. The van der Waals surface area contributed by atoms with Crippen molar-refractivity contribution in [3.05, 3.63) is 23.0 Å². The monoisotopic (exact) mass is 209 g/mol. The number of pyridine rings is 1. The van der Waals surface area contributed by atoms with Crippen LogP contribution in [0.3, 0.4) is 0 Å². The Hall–Kier alpha value is -1.09. The molecule has 0 fully saturated rings. The van der Waals surface area contributed by atoms with Crippen LogP contribution < -0.4 is 4.74 Å². The second kappa shape index (κ2) is 5.71. The van der Waals surface area contributed by atoms with Crippen LogP contribution in [0.15, 0.2) is 6.20 Å². The molecule has 1 rings (SSSR count). The van der Waals surface area contributed by atoms with E-state index in [1.54, 1.807) is 7.11 Å². The lowest BCUT2D eigenvalue weighted by atomic mass is 10.1. The highest BCUT2D eigenvalue weighted by Gasteiger charge is 2.08. The van der Waals surface area contributed by atoms with Crippen molar-refractivity contribution in [2.45, 2.75) is 33.1 Å². The van der Waals surface area contributed by atoms with E-state index in [4.69, 9.17) is 9.84 Å². The van der Waals surface area contributed by atoms with Gasteiger partial charge in [-0.15, -0.1) is 0 Å². The predicted octanol–water partition coefficient (Wildman–Crippen LogP) is 2.02. The van der Waals surface area contributed by atoms with Crippen molar-refractivity contribution in [1.29, 1.82) is 0 Å². The Morgan fingerprint density at radius 2 is 2.07 bits per heavy atom. The fourth-order valence-electron chi connectivity index (χ4n) is 1.73. The largest absolute Gasteiger partial charge is 0.496 e. The Labute approximate surface area is 91.1 Å². The summed E-state index contributed by atoms with van der Waals surface area (Å²) in [5.41, 5.74) is 3.27. The number of hydrogen-bond acceptors (Lipinski definition) is 3. The van der Waals surface area contributed by atoms with E-state index in [1.165, 1.54) is 0 Å². The molecule has 3 nitrogen and oxygen atoms in total. The summed E-state index contributed by atoms with van der Waals surface area (Å²) in [6, 6.07) is 0. The average Bonchev–Trinajstić information content (AvgIpc) is 2.22. The predicted molar refractivity (Wildman–Crippen MR) is 60.3 cm³/mol. The van der Waals surface area contributed by atoms with Crippen LogP contribution in [0.4, 0.5) is 0 Å². The van der Waals surface area contributed by atoms with Crippen LogP contribution >= 0.6 is 0 Å². The molecule has 0 saturated carbocycles. The van der Waals surface area contributed by atoms with E-state index < -0.39 is 0 Å². The lowest BCUT2D eigenvalue weighted by molar-refractivity contribution is 0.284. The molecule has 0 amide bonds. The third-order valence-corrected chi connectivity index (χ3v) is 2.57. The first kappa shape index (κ1) is 12.0. The van der Waals surface area contributed by atoms with Gasteiger partial charge in [0.25, 0.3) is 0 Å². The Bertz CT molecular complexity index is 324. The van der Waals surface area contributed by atoms with Crippen molar-refractivity contribution in [3.8, 4) is 5.75 Å². The van der Waals surface area contributed by atoms with Crippen molar-refractivity contribution in [3.63, 3.8) is 0 Å². The number of rotatable bonds is 5. The molecule has 3 heteroatoms. The van der Waals surface area contributed by atoms with Crippen LogP contribution in [0.25, 0.3) is 0 Å². The van der Waals surface area contributed by atoms with Gasteiger partial charge >= 0.3 is 0 Å². The third kappa shape index (κ3) is 2.93. The van der Waals surface area contributed by atoms with Gasteiger partial charge < -0.3 is 9.84 Å². The molecule has 0 atom stereocenters. The molecule has 1 N–H and O–H groups in total. The molecule has 15 heavy (non-hydrogen) atoms. The van der Waals surface area contributed by atoms with Gasteiger partial charge in [-0.05, 0) is 33.1 Å². The minimum atomic E-state index is 0.252. The second-order valence-electron chi connectivity index (χ2n) is 3.73. The average molecular weight is 209 g/mol. The molecular weight excluding hydrogens is 190 g/mol. The van der Waals surface area contributed by atoms with E-state index in [0.717, 1.165) is 41.8 Å². The van der Waals surface area contributed by atoms with E-state index in [-0.39, 0.29) is 6.61 Å². The van der Waals surface area contributed by atoms with Crippen molar-refractivity contribution >= 4 is 0 Å². The van der Waals surface area contributed by atoms with Crippen LogP contribution in [0.2, 0.25) is 0 Å². The number of ether oxygens (including phenoxy) is 1. The van der Waals surface area contributed by atoms with Gasteiger partial charge in [-0.3, -0.25) is 4.98 Å². The van der Waals surface area contributed by atoms with Crippen molar-refractivity contribution in [2.75, 3.05) is 13.7 Å². The van der Waals surface area contributed by atoms with Crippen molar-refractivity contribution in [2.24, 2.45) is 0 Å². The van der Waals surface area contributed by atoms with Crippen LogP contribution in [0.1, 0.15) is 29.7 Å². The van der Waals surface area contributed by atoms with E-state index in [1.807, 2.05) is 20.0 Å². The van der Waals surface area contributed by atoms with Crippen molar-refractivity contribution in [1.82, 2.24) is 4.98 Å². The molecule has 0 aliphatic rings. The first-order valence-electron chi connectivity index (χ1n) is 5.30. The molecule has 1 aromatic heterocycles. The van der Waals surface area contributed by atoms with Gasteiger partial charge in [0.2, 0.25) is 0 Å². The third-order valence-electron chi connectivity index (χ3n) is 2.57. The van der Waals surface area contributed by atoms with Crippen LogP contribution in [0.5, 0.6) is 5.75 Å². The number of unbranched alkanes of at least 4 members (excludes halogenated alkanes) is 1. The molecule has 0 aliphatic heterocycles. The lowest BCUT2D eigenvalue weighted by Gasteiger charge is -2.11. The SMILES string of the molecule is COc1c(C)cnc(CCCCO)c1C. The van der Waals surface area contributed by atoms with Crippen LogP contribution in [0, 0.1) is 13.8 Å². The van der Waals surface area contributed by atoms with Crippen LogP contribution in [-0.2, 0) is 6.42 Å².